The molecule has 3 heteroatoms. The monoisotopic (exact) mass is 256 g/mol. The van der Waals surface area contributed by atoms with Gasteiger partial charge in [0.2, 0.25) is 0 Å². The summed E-state index contributed by atoms with van der Waals surface area (Å²) in [5.74, 6) is -0.230. The molecule has 0 fully saturated rings. The van der Waals surface area contributed by atoms with Gasteiger partial charge in [0.15, 0.2) is 0 Å². The van der Waals surface area contributed by atoms with Gasteiger partial charge in [0.1, 0.15) is 5.82 Å². The highest BCUT2D eigenvalue weighted by Gasteiger charge is 1.99. The molecule has 98 valence electrons. The Kier molecular flexibility index (Phi) is 3.95. The van der Waals surface area contributed by atoms with Gasteiger partial charge in [-0.1, -0.05) is 12.1 Å². The summed E-state index contributed by atoms with van der Waals surface area (Å²) in [6, 6.07) is 14.4. The number of anilines is 1. The summed E-state index contributed by atoms with van der Waals surface area (Å²) in [7, 11) is 4.00. The molecular formula is C16H17FN2. The molecule has 0 aromatic heterocycles. The van der Waals surface area contributed by atoms with E-state index in [2.05, 4.69) is 4.99 Å². The highest BCUT2D eigenvalue weighted by Crippen LogP contribution is 2.19. The van der Waals surface area contributed by atoms with Crippen LogP contribution in [0.2, 0.25) is 0 Å². The summed E-state index contributed by atoms with van der Waals surface area (Å²) in [4.78, 5) is 6.58. The number of aliphatic imine (C=N–C) groups is 1. The van der Waals surface area contributed by atoms with E-state index in [-0.39, 0.29) is 5.82 Å². The third kappa shape index (κ3) is 3.41. The summed E-state index contributed by atoms with van der Waals surface area (Å²) >= 11 is 0. The van der Waals surface area contributed by atoms with Crippen LogP contribution in [0, 0.1) is 5.82 Å². The number of rotatable bonds is 3. The Morgan fingerprint density at radius 2 is 1.53 bits per heavy atom. The molecule has 0 spiro atoms. The molecule has 0 atom stereocenters. The van der Waals surface area contributed by atoms with E-state index in [9.17, 15) is 4.39 Å². The Bertz CT molecular complexity index is 569. The Morgan fingerprint density at radius 1 is 0.947 bits per heavy atom. The van der Waals surface area contributed by atoms with Crippen LogP contribution >= 0.6 is 0 Å². The highest BCUT2D eigenvalue weighted by molar-refractivity contribution is 6.00. The summed E-state index contributed by atoms with van der Waals surface area (Å²) in [5.41, 5.74) is 3.83. The highest BCUT2D eigenvalue weighted by atomic mass is 19.1. The van der Waals surface area contributed by atoms with Gasteiger partial charge in [0.05, 0.1) is 5.69 Å². The standard InChI is InChI=1S/C16H17FN2/c1-12(13-4-6-14(17)7-5-13)18-15-8-10-16(11-9-15)19(2)3/h4-11H,1-3H3. The predicted molar refractivity (Wildman–Crippen MR) is 79.0 cm³/mol. The van der Waals surface area contributed by atoms with E-state index in [0.29, 0.717) is 0 Å². The number of nitrogens with zero attached hydrogens (tertiary/aromatic N) is 2. The van der Waals surface area contributed by atoms with Gasteiger partial charge in [-0.15, -0.1) is 0 Å². The predicted octanol–water partition coefficient (Wildman–Crippen LogP) is 4.03. The van der Waals surface area contributed by atoms with Gasteiger partial charge in [-0.3, -0.25) is 4.99 Å². The van der Waals surface area contributed by atoms with Crippen LogP contribution in [0.4, 0.5) is 15.8 Å². The fourth-order valence-electron chi connectivity index (χ4n) is 1.77. The van der Waals surface area contributed by atoms with Crippen LogP contribution in [0.15, 0.2) is 53.5 Å². The minimum Gasteiger partial charge on any atom is -0.378 e. The Morgan fingerprint density at radius 3 is 2.05 bits per heavy atom. The smallest absolute Gasteiger partial charge is 0.123 e. The van der Waals surface area contributed by atoms with E-state index in [1.165, 1.54) is 12.1 Å². The molecule has 0 radical (unpaired) electrons. The van der Waals surface area contributed by atoms with Gasteiger partial charge in [-0.25, -0.2) is 4.39 Å². The first-order valence-electron chi connectivity index (χ1n) is 6.15. The molecule has 19 heavy (non-hydrogen) atoms. The minimum absolute atomic E-state index is 0.230. The van der Waals surface area contributed by atoms with E-state index in [0.717, 1.165) is 22.6 Å². The first-order chi connectivity index (χ1) is 9.06. The van der Waals surface area contributed by atoms with Crippen molar-refractivity contribution in [1.29, 1.82) is 0 Å². The Balaban J connectivity index is 2.22. The van der Waals surface area contributed by atoms with E-state index in [1.54, 1.807) is 12.1 Å². The van der Waals surface area contributed by atoms with Crippen LogP contribution in [-0.4, -0.2) is 19.8 Å². The van der Waals surface area contributed by atoms with Crippen molar-refractivity contribution in [3.8, 4) is 0 Å². The van der Waals surface area contributed by atoms with Crippen molar-refractivity contribution in [2.45, 2.75) is 6.92 Å². The third-order valence-corrected chi connectivity index (χ3v) is 2.92. The first kappa shape index (κ1) is 13.3. The molecule has 2 nitrogen and oxygen atoms in total. The van der Waals surface area contributed by atoms with Gasteiger partial charge in [0.25, 0.3) is 0 Å². The number of benzene rings is 2. The van der Waals surface area contributed by atoms with E-state index >= 15 is 0 Å². The molecule has 0 aliphatic heterocycles. The second kappa shape index (κ2) is 5.65. The number of halogens is 1. The molecule has 0 unspecified atom stereocenters. The maximum Gasteiger partial charge on any atom is 0.123 e. The fraction of sp³-hybridized carbons (Fsp3) is 0.188. The first-order valence-corrected chi connectivity index (χ1v) is 6.15. The van der Waals surface area contributed by atoms with Gasteiger partial charge < -0.3 is 4.90 Å². The Labute approximate surface area is 113 Å². The van der Waals surface area contributed by atoms with Crippen molar-refractivity contribution >= 4 is 17.1 Å². The second-order valence-corrected chi connectivity index (χ2v) is 4.61. The zero-order chi connectivity index (χ0) is 13.8. The SMILES string of the molecule is CC(=Nc1ccc(N(C)C)cc1)c1ccc(F)cc1. The number of hydrogen-bond acceptors (Lipinski definition) is 2. The normalized spacial score (nSPS) is 11.5. The van der Waals surface area contributed by atoms with Gasteiger partial charge >= 0.3 is 0 Å². The van der Waals surface area contributed by atoms with Gasteiger partial charge in [-0.2, -0.15) is 0 Å². The van der Waals surface area contributed by atoms with Crippen LogP contribution in [0.5, 0.6) is 0 Å². The number of hydrogen-bond donors (Lipinski definition) is 0. The molecule has 0 saturated carbocycles. The second-order valence-electron chi connectivity index (χ2n) is 4.61. The minimum atomic E-state index is -0.230. The van der Waals surface area contributed by atoms with Crippen LogP contribution < -0.4 is 4.90 Å². The van der Waals surface area contributed by atoms with Crippen LogP contribution in [0.3, 0.4) is 0 Å². The lowest BCUT2D eigenvalue weighted by atomic mass is 10.1. The lowest BCUT2D eigenvalue weighted by Gasteiger charge is -2.11. The van der Waals surface area contributed by atoms with E-state index in [1.807, 2.05) is 50.2 Å². The molecule has 0 aliphatic carbocycles. The van der Waals surface area contributed by atoms with Crippen molar-refractivity contribution < 1.29 is 4.39 Å². The average Bonchev–Trinajstić information content (AvgIpc) is 2.40. The van der Waals surface area contributed by atoms with Crippen LogP contribution in [0.1, 0.15) is 12.5 Å². The zero-order valence-electron chi connectivity index (χ0n) is 11.4. The third-order valence-electron chi connectivity index (χ3n) is 2.92. The van der Waals surface area contributed by atoms with Crippen molar-refractivity contribution in [3.63, 3.8) is 0 Å². The van der Waals surface area contributed by atoms with Crippen molar-refractivity contribution in [3.05, 3.63) is 59.9 Å². The Hall–Kier alpha value is -2.16. The maximum atomic E-state index is 12.9. The van der Waals surface area contributed by atoms with Gasteiger partial charge in [-0.05, 0) is 48.9 Å². The summed E-state index contributed by atoms with van der Waals surface area (Å²) in [6.45, 7) is 1.92. The summed E-state index contributed by atoms with van der Waals surface area (Å²) < 4.78 is 12.9. The molecule has 0 aliphatic rings. The molecule has 0 heterocycles. The van der Waals surface area contributed by atoms with Crippen molar-refractivity contribution in [1.82, 2.24) is 0 Å². The van der Waals surface area contributed by atoms with Crippen LogP contribution in [0.25, 0.3) is 0 Å². The topological polar surface area (TPSA) is 15.6 Å². The molecule has 0 saturated heterocycles. The lowest BCUT2D eigenvalue weighted by molar-refractivity contribution is 0.628. The average molecular weight is 256 g/mol. The van der Waals surface area contributed by atoms with Crippen molar-refractivity contribution in [2.75, 3.05) is 19.0 Å². The van der Waals surface area contributed by atoms with Crippen molar-refractivity contribution in [2.24, 2.45) is 4.99 Å². The molecule has 0 N–H and O–H groups in total. The van der Waals surface area contributed by atoms with E-state index in [4.69, 9.17) is 0 Å². The summed E-state index contributed by atoms with van der Waals surface area (Å²) in [5, 5.41) is 0. The van der Waals surface area contributed by atoms with Crippen LogP contribution in [-0.2, 0) is 0 Å². The molecular weight excluding hydrogens is 239 g/mol. The molecule has 2 rings (SSSR count). The molecule has 0 amide bonds. The largest absolute Gasteiger partial charge is 0.378 e. The molecule has 2 aromatic rings. The van der Waals surface area contributed by atoms with Gasteiger partial charge in [0, 0.05) is 25.5 Å². The fourth-order valence-corrected chi connectivity index (χ4v) is 1.77. The zero-order valence-corrected chi connectivity index (χ0v) is 11.4. The van der Waals surface area contributed by atoms with E-state index < -0.39 is 0 Å². The maximum absolute atomic E-state index is 12.9. The lowest BCUT2D eigenvalue weighted by Crippen LogP contribution is -2.07. The molecule has 2 aromatic carbocycles. The molecule has 0 bridgehead atoms. The quantitative estimate of drug-likeness (QED) is 0.757. The summed E-state index contributed by atoms with van der Waals surface area (Å²) in [6.07, 6.45) is 0.